The first-order valence-electron chi connectivity index (χ1n) is 7.53. The minimum atomic E-state index is -3.27. The highest BCUT2D eigenvalue weighted by molar-refractivity contribution is 7.92. The van der Waals surface area contributed by atoms with Crippen LogP contribution in [0.1, 0.15) is 25.3 Å². The average molecular weight is 353 g/mol. The van der Waals surface area contributed by atoms with Gasteiger partial charge < -0.3 is 5.32 Å². The van der Waals surface area contributed by atoms with E-state index in [4.69, 9.17) is 11.6 Å². The fraction of sp³-hybridized carbons (Fsp3) is 0.294. The monoisotopic (exact) mass is 352 g/mol. The maximum absolute atomic E-state index is 11.9. The van der Waals surface area contributed by atoms with Crippen molar-refractivity contribution < 1.29 is 8.42 Å². The summed E-state index contributed by atoms with van der Waals surface area (Å²) in [7, 11) is -3.27. The van der Waals surface area contributed by atoms with Crippen LogP contribution < -0.4 is 10.0 Å². The first kappa shape index (κ1) is 17.6. The van der Waals surface area contributed by atoms with Crippen molar-refractivity contribution in [3.05, 3.63) is 53.1 Å². The van der Waals surface area contributed by atoms with Crippen LogP contribution in [-0.2, 0) is 10.0 Å². The maximum Gasteiger partial charge on any atom is 0.232 e. The summed E-state index contributed by atoms with van der Waals surface area (Å²) in [6.45, 7) is 3.94. The first-order chi connectivity index (χ1) is 10.9. The minimum absolute atomic E-state index is 0.146. The molecule has 0 aromatic heterocycles. The Morgan fingerprint density at radius 2 is 1.70 bits per heavy atom. The third kappa shape index (κ3) is 5.44. The van der Waals surface area contributed by atoms with Gasteiger partial charge in [0.2, 0.25) is 10.0 Å². The summed E-state index contributed by atoms with van der Waals surface area (Å²) in [5.41, 5.74) is 3.46. The number of hydrogen-bond donors (Lipinski definition) is 2. The molecule has 2 aromatic carbocycles. The SMILES string of the molecule is CCCCS(=O)(=O)Nc1ccc(Nc2ccc(Cl)cc2C)cc1. The van der Waals surface area contributed by atoms with E-state index in [0.717, 1.165) is 23.4 Å². The van der Waals surface area contributed by atoms with Crippen molar-refractivity contribution in [2.24, 2.45) is 0 Å². The Bertz CT molecular complexity index is 759. The van der Waals surface area contributed by atoms with Crippen LogP contribution >= 0.6 is 11.6 Å². The smallest absolute Gasteiger partial charge is 0.232 e. The van der Waals surface area contributed by atoms with Crippen LogP contribution in [0.5, 0.6) is 0 Å². The van der Waals surface area contributed by atoms with Gasteiger partial charge in [0.15, 0.2) is 0 Å². The van der Waals surface area contributed by atoms with Crippen molar-refractivity contribution in [1.29, 1.82) is 0 Å². The van der Waals surface area contributed by atoms with Crippen molar-refractivity contribution in [2.75, 3.05) is 15.8 Å². The summed E-state index contributed by atoms with van der Waals surface area (Å²) in [6.07, 6.45) is 1.51. The molecule has 0 saturated carbocycles. The van der Waals surface area contributed by atoms with Gasteiger partial charge in [-0.3, -0.25) is 4.72 Å². The molecule has 0 spiro atoms. The highest BCUT2D eigenvalue weighted by atomic mass is 35.5. The van der Waals surface area contributed by atoms with Crippen LogP contribution in [0.25, 0.3) is 0 Å². The van der Waals surface area contributed by atoms with Crippen LogP contribution in [0, 0.1) is 6.92 Å². The largest absolute Gasteiger partial charge is 0.355 e. The maximum atomic E-state index is 11.9. The van der Waals surface area contributed by atoms with Crippen molar-refractivity contribution in [2.45, 2.75) is 26.7 Å². The average Bonchev–Trinajstić information content (AvgIpc) is 2.50. The van der Waals surface area contributed by atoms with Gasteiger partial charge in [-0.15, -0.1) is 0 Å². The molecule has 0 heterocycles. The molecule has 0 bridgehead atoms. The third-order valence-corrected chi connectivity index (χ3v) is 5.00. The van der Waals surface area contributed by atoms with Crippen molar-refractivity contribution >= 4 is 38.7 Å². The summed E-state index contributed by atoms with van der Waals surface area (Å²) in [5.74, 6) is 0.146. The lowest BCUT2D eigenvalue weighted by molar-refractivity contribution is 0.598. The van der Waals surface area contributed by atoms with Gasteiger partial charge in [0, 0.05) is 22.1 Å². The van der Waals surface area contributed by atoms with E-state index in [1.165, 1.54) is 0 Å². The molecule has 0 fully saturated rings. The zero-order chi connectivity index (χ0) is 16.9. The molecule has 0 aliphatic carbocycles. The fourth-order valence-corrected chi connectivity index (χ4v) is 3.60. The molecule has 0 atom stereocenters. The molecular weight excluding hydrogens is 332 g/mol. The van der Waals surface area contributed by atoms with E-state index in [1.54, 1.807) is 12.1 Å². The molecule has 6 heteroatoms. The standard InChI is InChI=1S/C17H21ClN2O2S/c1-3-4-11-23(21,22)20-16-8-6-15(7-9-16)19-17-10-5-14(18)12-13(17)2/h5-10,12,19-20H,3-4,11H2,1-2H3. The Morgan fingerprint density at radius 3 is 2.30 bits per heavy atom. The molecule has 0 aliphatic heterocycles. The first-order valence-corrected chi connectivity index (χ1v) is 9.56. The zero-order valence-electron chi connectivity index (χ0n) is 13.3. The van der Waals surface area contributed by atoms with Crippen molar-refractivity contribution in [3.63, 3.8) is 0 Å². The lowest BCUT2D eigenvalue weighted by Crippen LogP contribution is -2.16. The number of hydrogen-bond acceptors (Lipinski definition) is 3. The Hall–Kier alpha value is -1.72. The predicted molar refractivity (Wildman–Crippen MR) is 98.2 cm³/mol. The Labute approximate surface area is 142 Å². The molecule has 124 valence electrons. The van der Waals surface area contributed by atoms with Crippen LogP contribution in [0.15, 0.2) is 42.5 Å². The van der Waals surface area contributed by atoms with Gasteiger partial charge in [0.05, 0.1) is 5.75 Å². The number of rotatable bonds is 7. The topological polar surface area (TPSA) is 58.2 Å². The number of unbranched alkanes of at least 4 members (excludes halogenated alkanes) is 1. The van der Waals surface area contributed by atoms with E-state index in [-0.39, 0.29) is 5.75 Å². The summed E-state index contributed by atoms with van der Waals surface area (Å²) < 4.78 is 26.3. The Morgan fingerprint density at radius 1 is 1.04 bits per heavy atom. The Kier molecular flexibility index (Phi) is 5.91. The van der Waals surface area contributed by atoms with Crippen LogP contribution in [-0.4, -0.2) is 14.2 Å². The minimum Gasteiger partial charge on any atom is -0.355 e. The van der Waals surface area contributed by atoms with E-state index in [2.05, 4.69) is 10.0 Å². The van der Waals surface area contributed by atoms with Gasteiger partial charge >= 0.3 is 0 Å². The summed E-state index contributed by atoms with van der Waals surface area (Å²) in [6, 6.07) is 12.8. The van der Waals surface area contributed by atoms with Gasteiger partial charge in [0.1, 0.15) is 0 Å². The number of halogens is 1. The molecule has 0 amide bonds. The van der Waals surface area contributed by atoms with Crippen molar-refractivity contribution in [3.8, 4) is 0 Å². The molecule has 23 heavy (non-hydrogen) atoms. The van der Waals surface area contributed by atoms with Crippen LogP contribution in [0.2, 0.25) is 5.02 Å². The van der Waals surface area contributed by atoms with Gasteiger partial charge in [-0.25, -0.2) is 8.42 Å². The van der Waals surface area contributed by atoms with Gasteiger partial charge in [-0.1, -0.05) is 24.9 Å². The van der Waals surface area contributed by atoms with E-state index >= 15 is 0 Å². The number of benzene rings is 2. The highest BCUT2D eigenvalue weighted by Gasteiger charge is 2.09. The third-order valence-electron chi connectivity index (χ3n) is 3.39. The fourth-order valence-electron chi connectivity index (χ4n) is 2.11. The summed E-state index contributed by atoms with van der Waals surface area (Å²) in [5, 5.41) is 3.99. The van der Waals surface area contributed by atoms with Gasteiger partial charge in [0.25, 0.3) is 0 Å². The predicted octanol–water partition coefficient (Wildman–Crippen LogP) is 4.93. The van der Waals surface area contributed by atoms with Gasteiger partial charge in [-0.2, -0.15) is 0 Å². The van der Waals surface area contributed by atoms with Gasteiger partial charge in [-0.05, 0) is 61.4 Å². The van der Waals surface area contributed by atoms with Crippen molar-refractivity contribution in [1.82, 2.24) is 0 Å². The highest BCUT2D eigenvalue weighted by Crippen LogP contribution is 2.24. The number of nitrogens with one attached hydrogen (secondary N) is 2. The van der Waals surface area contributed by atoms with E-state index < -0.39 is 10.0 Å². The van der Waals surface area contributed by atoms with E-state index in [0.29, 0.717) is 17.1 Å². The molecular formula is C17H21ClN2O2S. The number of sulfonamides is 1. The molecule has 0 radical (unpaired) electrons. The van der Waals surface area contributed by atoms with E-state index in [1.807, 2.05) is 44.2 Å². The lowest BCUT2D eigenvalue weighted by atomic mass is 10.2. The molecule has 4 nitrogen and oxygen atoms in total. The van der Waals surface area contributed by atoms with Crippen LogP contribution in [0.3, 0.4) is 0 Å². The normalized spacial score (nSPS) is 11.3. The number of anilines is 3. The molecule has 0 aliphatic rings. The zero-order valence-corrected chi connectivity index (χ0v) is 14.8. The second kappa shape index (κ2) is 7.70. The van der Waals surface area contributed by atoms with E-state index in [9.17, 15) is 8.42 Å². The quantitative estimate of drug-likeness (QED) is 0.742. The Balaban J connectivity index is 2.05. The number of aryl methyl sites for hydroxylation is 1. The lowest BCUT2D eigenvalue weighted by Gasteiger charge is -2.11. The second-order valence-corrected chi connectivity index (χ2v) is 7.71. The second-order valence-electron chi connectivity index (χ2n) is 5.44. The molecule has 2 aromatic rings. The summed E-state index contributed by atoms with van der Waals surface area (Å²) >= 11 is 5.95. The molecule has 0 saturated heterocycles. The van der Waals surface area contributed by atoms with Crippen LogP contribution in [0.4, 0.5) is 17.1 Å². The molecule has 0 unspecified atom stereocenters. The summed E-state index contributed by atoms with van der Waals surface area (Å²) in [4.78, 5) is 0. The molecule has 2 rings (SSSR count). The molecule has 2 N–H and O–H groups in total.